The molecule has 0 aromatic heterocycles. The predicted octanol–water partition coefficient (Wildman–Crippen LogP) is 3.39. The number of nitrogen functional groups attached to an aromatic ring is 2. The number of anilines is 2. The van der Waals surface area contributed by atoms with E-state index in [0.717, 1.165) is 32.1 Å². The number of ketones is 2. The molecule has 2 aromatic rings. The van der Waals surface area contributed by atoms with Crippen molar-refractivity contribution in [1.82, 2.24) is 0 Å². The number of benzene rings is 2. The van der Waals surface area contributed by atoms with Crippen molar-refractivity contribution in [3.63, 3.8) is 0 Å². The van der Waals surface area contributed by atoms with Crippen LogP contribution in [0.25, 0.3) is 0 Å². The molecule has 0 saturated heterocycles. The molecule has 28 heavy (non-hydrogen) atoms. The fraction of sp³-hybridized carbons (Fsp3) is 0.333. The van der Waals surface area contributed by atoms with E-state index in [0.29, 0.717) is 6.61 Å². The molecule has 1 aliphatic carbocycles. The summed E-state index contributed by atoms with van der Waals surface area (Å²) in [4.78, 5) is 25.9. The maximum Gasteiger partial charge on any atom is 0.200 e. The van der Waals surface area contributed by atoms with E-state index in [4.69, 9.17) is 16.2 Å². The Balaban J connectivity index is 1.96. The maximum absolute atomic E-state index is 13.0. The Bertz CT molecular complexity index is 953. The monoisotopic (exact) mass is 384 g/mol. The van der Waals surface area contributed by atoms with E-state index in [9.17, 15) is 19.8 Å². The number of phenolic OH excluding ortho intramolecular Hbond substituents is 2. The van der Waals surface area contributed by atoms with Gasteiger partial charge in [-0.1, -0.05) is 32.6 Å². The average molecular weight is 384 g/mol. The third-order valence-electron chi connectivity index (χ3n) is 4.92. The highest BCUT2D eigenvalue weighted by Gasteiger charge is 2.38. The Kier molecular flexibility index (Phi) is 5.44. The van der Waals surface area contributed by atoms with Gasteiger partial charge in [-0.2, -0.15) is 0 Å². The third kappa shape index (κ3) is 3.24. The van der Waals surface area contributed by atoms with Crippen molar-refractivity contribution in [3.8, 4) is 17.2 Å². The number of ether oxygens (including phenoxy) is 1. The van der Waals surface area contributed by atoms with Crippen LogP contribution in [0.2, 0.25) is 0 Å². The molecule has 0 amide bonds. The van der Waals surface area contributed by atoms with Crippen LogP contribution < -0.4 is 16.2 Å². The Morgan fingerprint density at radius 2 is 1.50 bits per heavy atom. The Morgan fingerprint density at radius 1 is 0.857 bits per heavy atom. The molecule has 6 N–H and O–H groups in total. The summed E-state index contributed by atoms with van der Waals surface area (Å²) in [5.41, 5.74) is 11.2. The fourth-order valence-electron chi connectivity index (χ4n) is 3.46. The van der Waals surface area contributed by atoms with Gasteiger partial charge >= 0.3 is 0 Å². The Labute approximate surface area is 162 Å². The molecular weight excluding hydrogens is 360 g/mol. The highest BCUT2D eigenvalue weighted by molar-refractivity contribution is 6.33. The van der Waals surface area contributed by atoms with Crippen molar-refractivity contribution in [1.29, 1.82) is 0 Å². The smallest absolute Gasteiger partial charge is 0.200 e. The number of hydrogen-bond acceptors (Lipinski definition) is 7. The lowest BCUT2D eigenvalue weighted by Crippen LogP contribution is -2.24. The zero-order valence-corrected chi connectivity index (χ0v) is 15.7. The van der Waals surface area contributed by atoms with Gasteiger partial charge in [0.25, 0.3) is 0 Å². The lowest BCUT2D eigenvalue weighted by atomic mass is 9.81. The lowest BCUT2D eigenvalue weighted by Gasteiger charge is -2.23. The number of hydrogen-bond donors (Lipinski definition) is 4. The summed E-state index contributed by atoms with van der Waals surface area (Å²) >= 11 is 0. The molecule has 7 nitrogen and oxygen atoms in total. The highest BCUT2D eigenvalue weighted by Crippen LogP contribution is 2.44. The minimum atomic E-state index is -0.671. The summed E-state index contributed by atoms with van der Waals surface area (Å²) in [7, 11) is 0. The second-order valence-electron chi connectivity index (χ2n) is 6.91. The summed E-state index contributed by atoms with van der Waals surface area (Å²) in [6.45, 7) is 2.49. The molecule has 7 heteroatoms. The first kappa shape index (κ1) is 19.5. The number of aromatic hydroxyl groups is 2. The summed E-state index contributed by atoms with van der Waals surface area (Å²) in [5.74, 6) is -2.08. The normalized spacial score (nSPS) is 12.6. The molecule has 0 aliphatic heterocycles. The minimum Gasteiger partial charge on any atom is -0.507 e. The minimum absolute atomic E-state index is 0.000363. The van der Waals surface area contributed by atoms with Crippen molar-refractivity contribution in [2.24, 2.45) is 0 Å². The van der Waals surface area contributed by atoms with Crippen LogP contribution >= 0.6 is 0 Å². The van der Waals surface area contributed by atoms with Gasteiger partial charge in [0.1, 0.15) is 5.75 Å². The first-order chi connectivity index (χ1) is 13.4. The predicted molar refractivity (Wildman–Crippen MR) is 106 cm³/mol. The number of fused-ring (bicyclic) bond motifs is 2. The number of nitrogens with two attached hydrogens (primary N) is 2. The van der Waals surface area contributed by atoms with Crippen LogP contribution in [0.5, 0.6) is 17.2 Å². The van der Waals surface area contributed by atoms with Crippen molar-refractivity contribution in [2.45, 2.75) is 39.0 Å². The lowest BCUT2D eigenvalue weighted by molar-refractivity contribution is 0.0975. The molecule has 0 saturated carbocycles. The summed E-state index contributed by atoms with van der Waals surface area (Å²) < 4.78 is 5.62. The number of rotatable bonds is 7. The van der Waals surface area contributed by atoms with Crippen LogP contribution in [0.3, 0.4) is 0 Å². The van der Waals surface area contributed by atoms with Gasteiger partial charge in [0.15, 0.2) is 11.5 Å². The molecule has 0 heterocycles. The van der Waals surface area contributed by atoms with E-state index < -0.39 is 17.3 Å². The van der Waals surface area contributed by atoms with Gasteiger partial charge in [0.05, 0.1) is 28.9 Å². The molecule has 0 spiro atoms. The van der Waals surface area contributed by atoms with E-state index in [1.54, 1.807) is 0 Å². The molecule has 148 valence electrons. The maximum atomic E-state index is 13.0. The molecule has 0 atom stereocenters. The van der Waals surface area contributed by atoms with Crippen LogP contribution in [0.1, 0.15) is 70.9 Å². The second-order valence-corrected chi connectivity index (χ2v) is 6.91. The molecule has 2 aromatic carbocycles. The van der Waals surface area contributed by atoms with Gasteiger partial charge in [0.2, 0.25) is 11.6 Å². The van der Waals surface area contributed by atoms with E-state index in [-0.39, 0.29) is 45.1 Å². The van der Waals surface area contributed by atoms with Crippen molar-refractivity contribution < 1.29 is 24.5 Å². The molecule has 0 unspecified atom stereocenters. The van der Waals surface area contributed by atoms with E-state index >= 15 is 0 Å². The third-order valence-corrected chi connectivity index (χ3v) is 4.92. The SMILES string of the molecule is CCCCCCCOc1cc(N)c2c(c1O)C(=O)c1c(N)ccc(O)c1C2=O. The zero-order chi connectivity index (χ0) is 20.4. The van der Waals surface area contributed by atoms with Crippen LogP contribution in [0, 0.1) is 0 Å². The van der Waals surface area contributed by atoms with E-state index in [1.165, 1.54) is 18.2 Å². The van der Waals surface area contributed by atoms with Gasteiger partial charge in [-0.3, -0.25) is 9.59 Å². The zero-order valence-electron chi connectivity index (χ0n) is 15.7. The Hall–Kier alpha value is -3.22. The van der Waals surface area contributed by atoms with Crippen molar-refractivity contribution in [3.05, 3.63) is 40.5 Å². The van der Waals surface area contributed by atoms with E-state index in [1.807, 2.05) is 0 Å². The fourth-order valence-corrected chi connectivity index (χ4v) is 3.46. The van der Waals surface area contributed by atoms with Gasteiger partial charge < -0.3 is 26.4 Å². The van der Waals surface area contributed by atoms with E-state index in [2.05, 4.69) is 6.92 Å². The largest absolute Gasteiger partial charge is 0.507 e. The summed E-state index contributed by atoms with van der Waals surface area (Å²) in [6, 6.07) is 3.91. The number of carbonyl (C=O) groups is 2. The van der Waals surface area contributed by atoms with Crippen LogP contribution in [-0.2, 0) is 0 Å². The first-order valence-electron chi connectivity index (χ1n) is 9.37. The molecular formula is C21H24N2O5. The van der Waals surface area contributed by atoms with Gasteiger partial charge in [-0.15, -0.1) is 0 Å². The van der Waals surface area contributed by atoms with Gasteiger partial charge in [-0.05, 0) is 18.6 Å². The molecule has 3 rings (SSSR count). The van der Waals surface area contributed by atoms with Crippen LogP contribution in [-0.4, -0.2) is 28.4 Å². The molecule has 0 fully saturated rings. The van der Waals surface area contributed by atoms with Gasteiger partial charge in [-0.25, -0.2) is 0 Å². The second kappa shape index (κ2) is 7.80. The Morgan fingerprint density at radius 3 is 2.21 bits per heavy atom. The highest BCUT2D eigenvalue weighted by atomic mass is 16.5. The van der Waals surface area contributed by atoms with Crippen molar-refractivity contribution >= 4 is 22.9 Å². The average Bonchev–Trinajstić information content (AvgIpc) is 2.66. The molecule has 1 aliphatic rings. The number of unbranched alkanes of at least 4 members (excludes halogenated alkanes) is 4. The topological polar surface area (TPSA) is 136 Å². The first-order valence-corrected chi connectivity index (χ1v) is 9.37. The number of phenols is 2. The molecule has 0 bridgehead atoms. The summed E-state index contributed by atoms with van der Waals surface area (Å²) in [5, 5.41) is 20.7. The molecule has 0 radical (unpaired) electrons. The van der Waals surface area contributed by atoms with Crippen molar-refractivity contribution in [2.75, 3.05) is 18.1 Å². The van der Waals surface area contributed by atoms with Crippen LogP contribution in [0.15, 0.2) is 18.2 Å². The summed E-state index contributed by atoms with van der Waals surface area (Å²) in [6.07, 6.45) is 5.19. The van der Waals surface area contributed by atoms with Gasteiger partial charge in [0, 0.05) is 17.4 Å². The number of carbonyl (C=O) groups excluding carboxylic acids is 2. The van der Waals surface area contributed by atoms with Crippen LogP contribution in [0.4, 0.5) is 11.4 Å². The standard InChI is InChI=1S/C21H24N2O5/c1-2-3-4-5-6-9-28-14-10-12(23)16-18(19(14)25)21(27)15-11(22)7-8-13(24)17(15)20(16)26/h7-8,10,24-25H,2-6,9,22-23H2,1H3. The quantitative estimate of drug-likeness (QED) is 0.278.